The summed E-state index contributed by atoms with van der Waals surface area (Å²) in [6.45, 7) is 15.8. The van der Waals surface area contributed by atoms with Gasteiger partial charge in [-0.2, -0.15) is 0 Å². The van der Waals surface area contributed by atoms with Gasteiger partial charge in [0.25, 0.3) is 0 Å². The predicted octanol–water partition coefficient (Wildman–Crippen LogP) is 3.69. The van der Waals surface area contributed by atoms with E-state index < -0.39 is 0 Å². The van der Waals surface area contributed by atoms with Crippen molar-refractivity contribution in [2.24, 2.45) is 28.6 Å². The maximum atomic E-state index is 3.78. The molecule has 2 aliphatic rings. The highest BCUT2D eigenvalue weighted by atomic mass is 15.0. The van der Waals surface area contributed by atoms with Crippen LogP contribution >= 0.6 is 0 Å². The lowest BCUT2D eigenvalue weighted by Gasteiger charge is -2.45. The zero-order valence-corrected chi connectivity index (χ0v) is 11.9. The van der Waals surface area contributed by atoms with Crippen LogP contribution in [0.5, 0.6) is 0 Å². The number of rotatable bonds is 0. The molecule has 0 aromatic rings. The van der Waals surface area contributed by atoms with Crippen molar-refractivity contribution in [3.63, 3.8) is 0 Å². The summed E-state index contributed by atoms with van der Waals surface area (Å²) in [5, 5.41) is 3.78. The summed E-state index contributed by atoms with van der Waals surface area (Å²) in [5.41, 5.74) is 0.965. The molecular formula is C15H29N. The Bertz CT molecular complexity index is 242. The minimum absolute atomic E-state index is 0.474. The molecule has 0 aromatic carbocycles. The molecule has 1 aliphatic heterocycles. The number of nitrogens with one attached hydrogen (secondary N) is 1. The Morgan fingerprint density at radius 3 is 1.94 bits per heavy atom. The van der Waals surface area contributed by atoms with Crippen LogP contribution < -0.4 is 5.32 Å². The topological polar surface area (TPSA) is 12.0 Å². The highest BCUT2D eigenvalue weighted by Gasteiger charge is 2.49. The highest BCUT2D eigenvalue weighted by Crippen LogP contribution is 2.50. The lowest BCUT2D eigenvalue weighted by molar-refractivity contribution is 0.0581. The van der Waals surface area contributed by atoms with Crippen LogP contribution in [0.1, 0.15) is 54.4 Å². The summed E-state index contributed by atoms with van der Waals surface area (Å²) in [4.78, 5) is 0. The standard InChI is InChI=1S/C15H29N/c1-14(2,3)11-7-10-9-16-12(8-11)13(10)15(4,5)6/h10-13,16H,7-9H2,1-6H3. The number of fused-ring (bicyclic) bond motifs is 2. The Balaban J connectivity index is 2.13. The molecule has 94 valence electrons. The van der Waals surface area contributed by atoms with Crippen LogP contribution in [0.15, 0.2) is 0 Å². The lowest BCUT2D eigenvalue weighted by Crippen LogP contribution is -2.43. The van der Waals surface area contributed by atoms with Crippen molar-refractivity contribution in [1.82, 2.24) is 5.32 Å². The molecule has 0 radical (unpaired) electrons. The molecule has 4 unspecified atom stereocenters. The van der Waals surface area contributed by atoms with E-state index in [1.54, 1.807) is 0 Å². The number of hydrogen-bond donors (Lipinski definition) is 1. The molecule has 1 aliphatic carbocycles. The Kier molecular flexibility index (Phi) is 2.89. The molecule has 2 bridgehead atoms. The first-order valence-corrected chi connectivity index (χ1v) is 6.93. The molecule has 1 nitrogen and oxygen atoms in total. The molecule has 1 saturated heterocycles. The third kappa shape index (κ3) is 2.16. The smallest absolute Gasteiger partial charge is 0.0106 e. The van der Waals surface area contributed by atoms with Crippen LogP contribution in [-0.2, 0) is 0 Å². The summed E-state index contributed by atoms with van der Waals surface area (Å²) < 4.78 is 0. The second kappa shape index (κ2) is 3.73. The van der Waals surface area contributed by atoms with Crippen molar-refractivity contribution in [3.05, 3.63) is 0 Å². The second-order valence-corrected chi connectivity index (χ2v) is 8.20. The SMILES string of the molecule is CC(C)(C)C1CC2CNC(C1)C2C(C)(C)C. The molecule has 1 heteroatoms. The van der Waals surface area contributed by atoms with E-state index in [2.05, 4.69) is 46.9 Å². The van der Waals surface area contributed by atoms with Gasteiger partial charge in [-0.1, -0.05) is 41.5 Å². The van der Waals surface area contributed by atoms with Crippen molar-refractivity contribution in [1.29, 1.82) is 0 Å². The zero-order chi connectivity index (χ0) is 12.1. The van der Waals surface area contributed by atoms with Crippen LogP contribution in [0.4, 0.5) is 0 Å². The van der Waals surface area contributed by atoms with Gasteiger partial charge >= 0.3 is 0 Å². The minimum Gasteiger partial charge on any atom is -0.313 e. The fourth-order valence-corrected chi connectivity index (χ4v) is 4.13. The van der Waals surface area contributed by atoms with Gasteiger partial charge in [-0.25, -0.2) is 0 Å². The van der Waals surface area contributed by atoms with Crippen molar-refractivity contribution < 1.29 is 0 Å². The van der Waals surface area contributed by atoms with Crippen LogP contribution in [0.2, 0.25) is 0 Å². The predicted molar refractivity (Wildman–Crippen MR) is 70.4 cm³/mol. The van der Waals surface area contributed by atoms with Gasteiger partial charge < -0.3 is 5.32 Å². The summed E-state index contributed by atoms with van der Waals surface area (Å²) >= 11 is 0. The zero-order valence-electron chi connectivity index (χ0n) is 11.9. The largest absolute Gasteiger partial charge is 0.313 e. The molecule has 0 amide bonds. The van der Waals surface area contributed by atoms with Gasteiger partial charge in [0.1, 0.15) is 0 Å². The molecular weight excluding hydrogens is 194 g/mol. The fourth-order valence-electron chi connectivity index (χ4n) is 4.13. The summed E-state index contributed by atoms with van der Waals surface area (Å²) in [6, 6.07) is 0.781. The first-order valence-electron chi connectivity index (χ1n) is 6.93. The maximum absolute atomic E-state index is 3.78. The third-order valence-electron chi connectivity index (χ3n) is 4.93. The molecule has 2 fully saturated rings. The number of hydrogen-bond acceptors (Lipinski definition) is 1. The first-order chi connectivity index (χ1) is 7.19. The van der Waals surface area contributed by atoms with Crippen LogP contribution in [0.25, 0.3) is 0 Å². The Labute approximate surface area is 101 Å². The molecule has 1 N–H and O–H groups in total. The summed E-state index contributed by atoms with van der Waals surface area (Å²) in [7, 11) is 0. The van der Waals surface area contributed by atoms with E-state index in [1.807, 2.05) is 0 Å². The van der Waals surface area contributed by atoms with E-state index in [0.29, 0.717) is 10.8 Å². The Hall–Kier alpha value is -0.0400. The van der Waals surface area contributed by atoms with E-state index in [-0.39, 0.29) is 0 Å². The van der Waals surface area contributed by atoms with Gasteiger partial charge in [-0.05, 0) is 48.0 Å². The van der Waals surface area contributed by atoms with E-state index >= 15 is 0 Å². The lowest BCUT2D eigenvalue weighted by atomic mass is 9.60. The summed E-state index contributed by atoms with van der Waals surface area (Å²) in [6.07, 6.45) is 2.83. The van der Waals surface area contributed by atoms with Gasteiger partial charge in [0.15, 0.2) is 0 Å². The molecule has 4 atom stereocenters. The maximum Gasteiger partial charge on any atom is 0.0106 e. The first kappa shape index (κ1) is 12.4. The monoisotopic (exact) mass is 223 g/mol. The molecule has 0 spiro atoms. The van der Waals surface area contributed by atoms with E-state index in [4.69, 9.17) is 0 Å². The van der Waals surface area contributed by atoms with Gasteiger partial charge in [0.2, 0.25) is 0 Å². The Morgan fingerprint density at radius 2 is 1.50 bits per heavy atom. The van der Waals surface area contributed by atoms with Crippen LogP contribution in [0, 0.1) is 28.6 Å². The Morgan fingerprint density at radius 1 is 0.875 bits per heavy atom. The van der Waals surface area contributed by atoms with Gasteiger partial charge in [0.05, 0.1) is 0 Å². The normalized spacial score (nSPS) is 40.1. The quantitative estimate of drug-likeness (QED) is 0.660. The minimum atomic E-state index is 0.474. The van der Waals surface area contributed by atoms with E-state index in [1.165, 1.54) is 19.4 Å². The van der Waals surface area contributed by atoms with Crippen molar-refractivity contribution in [2.75, 3.05) is 6.54 Å². The van der Waals surface area contributed by atoms with E-state index in [9.17, 15) is 0 Å². The molecule has 1 heterocycles. The molecule has 1 saturated carbocycles. The highest BCUT2D eigenvalue weighted by molar-refractivity contribution is 5.02. The van der Waals surface area contributed by atoms with Crippen LogP contribution in [0.3, 0.4) is 0 Å². The molecule has 16 heavy (non-hydrogen) atoms. The van der Waals surface area contributed by atoms with Crippen molar-refractivity contribution in [2.45, 2.75) is 60.4 Å². The van der Waals surface area contributed by atoms with Gasteiger partial charge in [-0.3, -0.25) is 0 Å². The van der Waals surface area contributed by atoms with Crippen LogP contribution in [-0.4, -0.2) is 12.6 Å². The summed E-state index contributed by atoms with van der Waals surface area (Å²) in [5.74, 6) is 2.73. The van der Waals surface area contributed by atoms with E-state index in [0.717, 1.165) is 23.8 Å². The van der Waals surface area contributed by atoms with Gasteiger partial charge in [-0.15, -0.1) is 0 Å². The second-order valence-electron chi connectivity index (χ2n) is 8.20. The molecule has 2 rings (SSSR count). The average Bonchev–Trinajstić information content (AvgIpc) is 2.35. The molecule has 0 aromatic heterocycles. The third-order valence-corrected chi connectivity index (χ3v) is 4.93. The average molecular weight is 223 g/mol. The van der Waals surface area contributed by atoms with Crippen molar-refractivity contribution in [3.8, 4) is 0 Å². The van der Waals surface area contributed by atoms with Gasteiger partial charge in [0, 0.05) is 6.04 Å². The van der Waals surface area contributed by atoms with Crippen molar-refractivity contribution >= 4 is 0 Å². The fraction of sp³-hybridized carbons (Fsp3) is 1.00.